The molecular formula is C12H23ClN2O2. The van der Waals surface area contributed by atoms with E-state index in [4.69, 9.17) is 0 Å². The second-order valence-electron chi connectivity index (χ2n) is 5.05. The predicted molar refractivity (Wildman–Crippen MR) is 69.2 cm³/mol. The number of aliphatic hydroxyl groups is 1. The van der Waals surface area contributed by atoms with E-state index in [1.165, 1.54) is 6.42 Å². The molecule has 0 aromatic heterocycles. The summed E-state index contributed by atoms with van der Waals surface area (Å²) in [5.74, 6) is 0.565. The molecule has 2 rings (SSSR count). The van der Waals surface area contributed by atoms with E-state index < -0.39 is 0 Å². The number of aliphatic hydroxyl groups excluding tert-OH is 1. The van der Waals surface area contributed by atoms with Crippen molar-refractivity contribution >= 4 is 18.3 Å². The lowest BCUT2D eigenvalue weighted by Crippen LogP contribution is -2.39. The number of carbonyl (C=O) groups is 1. The minimum Gasteiger partial charge on any atom is -0.393 e. The van der Waals surface area contributed by atoms with E-state index in [1.54, 1.807) is 0 Å². The summed E-state index contributed by atoms with van der Waals surface area (Å²) in [7, 11) is 0. The Morgan fingerprint density at radius 2 is 2.06 bits per heavy atom. The highest BCUT2D eigenvalue weighted by Crippen LogP contribution is 2.23. The van der Waals surface area contributed by atoms with Gasteiger partial charge < -0.3 is 15.7 Å². The van der Waals surface area contributed by atoms with Gasteiger partial charge in [0.15, 0.2) is 0 Å². The van der Waals surface area contributed by atoms with Crippen LogP contribution in [0.2, 0.25) is 0 Å². The second-order valence-corrected chi connectivity index (χ2v) is 5.05. The molecule has 0 aromatic rings. The van der Waals surface area contributed by atoms with Crippen molar-refractivity contribution in [1.29, 1.82) is 0 Å². The monoisotopic (exact) mass is 262 g/mol. The number of amides is 1. The molecule has 3 N–H and O–H groups in total. The fourth-order valence-corrected chi connectivity index (χ4v) is 2.68. The van der Waals surface area contributed by atoms with Gasteiger partial charge in [0.2, 0.25) is 5.91 Å². The van der Waals surface area contributed by atoms with Crippen molar-refractivity contribution in [1.82, 2.24) is 10.6 Å². The highest BCUT2D eigenvalue weighted by molar-refractivity contribution is 5.85. The van der Waals surface area contributed by atoms with E-state index in [9.17, 15) is 9.90 Å². The molecule has 0 radical (unpaired) electrons. The quantitative estimate of drug-likeness (QED) is 0.701. The van der Waals surface area contributed by atoms with E-state index in [0.29, 0.717) is 6.54 Å². The Hall–Kier alpha value is -0.320. The lowest BCUT2D eigenvalue weighted by atomic mass is 9.86. The van der Waals surface area contributed by atoms with Crippen LogP contribution in [0.5, 0.6) is 0 Å². The molecule has 1 heterocycles. The van der Waals surface area contributed by atoms with Gasteiger partial charge in [0, 0.05) is 19.0 Å². The summed E-state index contributed by atoms with van der Waals surface area (Å²) in [6.07, 6.45) is 4.98. The fourth-order valence-electron chi connectivity index (χ4n) is 2.68. The fraction of sp³-hybridized carbons (Fsp3) is 0.917. The average molecular weight is 263 g/mol. The minimum atomic E-state index is -0.212. The summed E-state index contributed by atoms with van der Waals surface area (Å²) in [4.78, 5) is 11.8. The third-order valence-electron chi connectivity index (χ3n) is 3.84. The number of hydrogen-bond acceptors (Lipinski definition) is 3. The number of carbonyl (C=O) groups excluding carboxylic acids is 1. The van der Waals surface area contributed by atoms with E-state index in [2.05, 4.69) is 10.6 Å². The van der Waals surface area contributed by atoms with Crippen molar-refractivity contribution in [2.75, 3.05) is 19.6 Å². The minimum absolute atomic E-state index is 0. The van der Waals surface area contributed by atoms with E-state index in [1.807, 2.05) is 0 Å². The molecular weight excluding hydrogens is 240 g/mol. The van der Waals surface area contributed by atoms with Gasteiger partial charge in [-0.1, -0.05) is 12.8 Å². The molecule has 4 nitrogen and oxygen atoms in total. The Morgan fingerprint density at radius 1 is 1.29 bits per heavy atom. The molecule has 1 aliphatic heterocycles. The maximum atomic E-state index is 11.8. The van der Waals surface area contributed by atoms with Crippen LogP contribution in [0.25, 0.3) is 0 Å². The molecule has 1 amide bonds. The smallest absolute Gasteiger partial charge is 0.224 e. The molecule has 5 heteroatoms. The van der Waals surface area contributed by atoms with Crippen LogP contribution in [0, 0.1) is 11.8 Å². The molecule has 3 unspecified atom stereocenters. The summed E-state index contributed by atoms with van der Waals surface area (Å²) in [6, 6.07) is 0. The lowest BCUT2D eigenvalue weighted by Gasteiger charge is -2.28. The molecule has 17 heavy (non-hydrogen) atoms. The van der Waals surface area contributed by atoms with Gasteiger partial charge in [0.25, 0.3) is 0 Å². The first-order valence-electron chi connectivity index (χ1n) is 6.44. The van der Waals surface area contributed by atoms with Crippen LogP contribution in [-0.4, -0.2) is 36.8 Å². The second kappa shape index (κ2) is 7.19. The number of halogens is 1. The molecule has 2 aliphatic rings. The van der Waals surface area contributed by atoms with E-state index in [0.717, 1.165) is 38.8 Å². The molecule has 0 bridgehead atoms. The van der Waals surface area contributed by atoms with Crippen LogP contribution in [0.1, 0.15) is 32.1 Å². The van der Waals surface area contributed by atoms with Crippen molar-refractivity contribution in [2.45, 2.75) is 38.2 Å². The van der Waals surface area contributed by atoms with Gasteiger partial charge in [-0.15, -0.1) is 12.4 Å². The number of nitrogens with one attached hydrogen (secondary N) is 2. The molecule has 1 saturated carbocycles. The summed E-state index contributed by atoms with van der Waals surface area (Å²) >= 11 is 0. The maximum absolute atomic E-state index is 11.8. The molecule has 3 atom stereocenters. The Kier molecular flexibility index (Phi) is 6.23. The topological polar surface area (TPSA) is 61.4 Å². The Bertz CT molecular complexity index is 245. The van der Waals surface area contributed by atoms with Gasteiger partial charge in [0.1, 0.15) is 0 Å². The largest absolute Gasteiger partial charge is 0.393 e. The van der Waals surface area contributed by atoms with Gasteiger partial charge in [0.05, 0.1) is 12.0 Å². The first-order valence-corrected chi connectivity index (χ1v) is 6.44. The van der Waals surface area contributed by atoms with Crippen LogP contribution in [-0.2, 0) is 4.79 Å². The van der Waals surface area contributed by atoms with Crippen LogP contribution >= 0.6 is 12.4 Å². The van der Waals surface area contributed by atoms with Gasteiger partial charge in [-0.3, -0.25) is 4.79 Å². The van der Waals surface area contributed by atoms with Crippen LogP contribution in [0.15, 0.2) is 0 Å². The zero-order valence-corrected chi connectivity index (χ0v) is 11.0. The van der Waals surface area contributed by atoms with Crippen molar-refractivity contribution in [3.05, 3.63) is 0 Å². The average Bonchev–Trinajstić information content (AvgIpc) is 2.81. The molecule has 100 valence electrons. The predicted octanol–water partition coefficient (Wildman–Crippen LogP) is 0.685. The molecule has 1 saturated heterocycles. The molecule has 2 fully saturated rings. The maximum Gasteiger partial charge on any atom is 0.224 e. The van der Waals surface area contributed by atoms with Gasteiger partial charge in [-0.2, -0.15) is 0 Å². The van der Waals surface area contributed by atoms with Crippen molar-refractivity contribution in [3.63, 3.8) is 0 Å². The van der Waals surface area contributed by atoms with Crippen molar-refractivity contribution in [2.24, 2.45) is 11.8 Å². The highest BCUT2D eigenvalue weighted by Gasteiger charge is 2.26. The van der Waals surface area contributed by atoms with Crippen LogP contribution in [0.3, 0.4) is 0 Å². The van der Waals surface area contributed by atoms with E-state index >= 15 is 0 Å². The Balaban J connectivity index is 0.00000144. The molecule has 1 aliphatic carbocycles. The van der Waals surface area contributed by atoms with Gasteiger partial charge in [-0.25, -0.2) is 0 Å². The summed E-state index contributed by atoms with van der Waals surface area (Å²) < 4.78 is 0. The first kappa shape index (κ1) is 14.7. The van der Waals surface area contributed by atoms with Gasteiger partial charge >= 0.3 is 0 Å². The third kappa shape index (κ3) is 4.12. The number of hydrogen-bond donors (Lipinski definition) is 3. The summed E-state index contributed by atoms with van der Waals surface area (Å²) in [6.45, 7) is 2.40. The summed E-state index contributed by atoms with van der Waals surface area (Å²) in [5.41, 5.74) is 0. The van der Waals surface area contributed by atoms with Crippen LogP contribution in [0.4, 0.5) is 0 Å². The van der Waals surface area contributed by atoms with E-state index in [-0.39, 0.29) is 36.3 Å². The lowest BCUT2D eigenvalue weighted by molar-refractivity contribution is -0.124. The third-order valence-corrected chi connectivity index (χ3v) is 3.84. The van der Waals surface area contributed by atoms with Crippen LogP contribution < -0.4 is 10.6 Å². The zero-order chi connectivity index (χ0) is 11.4. The van der Waals surface area contributed by atoms with Crippen molar-refractivity contribution < 1.29 is 9.90 Å². The highest BCUT2D eigenvalue weighted by atomic mass is 35.5. The standard InChI is InChI=1S/C12H22N2O2.ClH/c15-11-4-2-1-3-9(11)8-14-12(16)10-5-6-13-7-10;/h9-11,13,15H,1-8H2,(H,14,16);1H. The van der Waals surface area contributed by atoms with Crippen molar-refractivity contribution in [3.8, 4) is 0 Å². The number of rotatable bonds is 3. The SMILES string of the molecule is Cl.O=C(NCC1CCCCC1O)C1CCNC1. The molecule has 0 spiro atoms. The van der Waals surface area contributed by atoms with Gasteiger partial charge in [-0.05, 0) is 25.8 Å². The normalized spacial score (nSPS) is 32.9. The Labute approximate surface area is 109 Å². The first-order chi connectivity index (χ1) is 7.77. The summed E-state index contributed by atoms with van der Waals surface area (Å²) in [5, 5.41) is 16.0. The Morgan fingerprint density at radius 3 is 2.71 bits per heavy atom. The zero-order valence-electron chi connectivity index (χ0n) is 10.2. The molecule has 0 aromatic carbocycles.